The van der Waals surface area contributed by atoms with Crippen LogP contribution < -0.4 is 9.64 Å². The molecule has 1 amide bonds. The summed E-state index contributed by atoms with van der Waals surface area (Å²) in [5.74, 6) is -2.09. The number of hydrogen-bond donors (Lipinski definition) is 1. The first-order valence-electron chi connectivity index (χ1n) is 8.21. The van der Waals surface area contributed by atoms with Crippen molar-refractivity contribution in [3.8, 4) is 5.75 Å². The van der Waals surface area contributed by atoms with Crippen molar-refractivity contribution >= 4 is 17.6 Å². The first kappa shape index (κ1) is 15.9. The zero-order valence-corrected chi connectivity index (χ0v) is 13.8. The van der Waals surface area contributed by atoms with Crippen LogP contribution >= 0.6 is 0 Å². The molecule has 1 N–H and O–H groups in total. The maximum absolute atomic E-state index is 13.2. The first-order valence-corrected chi connectivity index (χ1v) is 8.21. The number of carbonyl (C=O) groups is 2. The lowest BCUT2D eigenvalue weighted by atomic mass is 9.74. The van der Waals surface area contributed by atoms with Crippen molar-refractivity contribution in [3.63, 3.8) is 0 Å². The Labute approximate surface area is 145 Å². The smallest absolute Gasteiger partial charge is 0.310 e. The summed E-state index contributed by atoms with van der Waals surface area (Å²) in [6, 6.07) is 6.85. The fourth-order valence-electron chi connectivity index (χ4n) is 4.43. The zero-order chi connectivity index (χ0) is 17.8. The Bertz CT molecular complexity index is 771. The van der Waals surface area contributed by atoms with E-state index in [4.69, 9.17) is 9.47 Å². The number of benzene rings is 1. The molecule has 1 aromatic carbocycles. The van der Waals surface area contributed by atoms with Gasteiger partial charge in [-0.05, 0) is 30.7 Å². The van der Waals surface area contributed by atoms with Crippen LogP contribution in [-0.4, -0.2) is 41.8 Å². The minimum absolute atomic E-state index is 0.212. The van der Waals surface area contributed by atoms with Gasteiger partial charge in [0.25, 0.3) is 0 Å². The third-order valence-electron chi connectivity index (χ3n) is 5.45. The standard InChI is InChI=1S/C19H19NO5/c1-3-4-14-19-10-9-13(25-19)15(18(22)23)16(19)17(21)20(14)11-5-7-12(24-2)8-6-11/h3,5-10,13-16H,1,4H2,2H3,(H,22,23). The summed E-state index contributed by atoms with van der Waals surface area (Å²) in [5, 5.41) is 9.62. The van der Waals surface area contributed by atoms with Crippen molar-refractivity contribution in [1.82, 2.24) is 0 Å². The second-order valence-corrected chi connectivity index (χ2v) is 6.58. The van der Waals surface area contributed by atoms with E-state index < -0.39 is 29.5 Å². The number of hydrogen-bond acceptors (Lipinski definition) is 4. The minimum atomic E-state index is -0.997. The average Bonchev–Trinajstić information content (AvgIpc) is 3.24. The summed E-state index contributed by atoms with van der Waals surface area (Å²) in [5.41, 5.74) is -0.204. The summed E-state index contributed by atoms with van der Waals surface area (Å²) >= 11 is 0. The number of carboxylic acid groups (broad SMARTS) is 1. The summed E-state index contributed by atoms with van der Waals surface area (Å²) in [6.45, 7) is 3.80. The molecule has 3 aliphatic rings. The maximum Gasteiger partial charge on any atom is 0.310 e. The monoisotopic (exact) mass is 341 g/mol. The molecular formula is C19H19NO5. The van der Waals surface area contributed by atoms with Crippen LogP contribution in [0, 0.1) is 11.8 Å². The first-order chi connectivity index (χ1) is 12.0. The van der Waals surface area contributed by atoms with E-state index in [2.05, 4.69) is 6.58 Å². The van der Waals surface area contributed by atoms with Crippen molar-refractivity contribution in [3.05, 3.63) is 49.1 Å². The van der Waals surface area contributed by atoms with E-state index in [0.717, 1.165) is 0 Å². The van der Waals surface area contributed by atoms with Gasteiger partial charge in [0, 0.05) is 5.69 Å². The van der Waals surface area contributed by atoms with Crippen LogP contribution in [0.15, 0.2) is 49.1 Å². The van der Waals surface area contributed by atoms with Crippen molar-refractivity contribution in [2.45, 2.75) is 24.2 Å². The number of nitrogens with zero attached hydrogens (tertiary/aromatic N) is 1. The number of amides is 1. The highest BCUT2D eigenvalue weighted by Crippen LogP contribution is 2.56. The van der Waals surface area contributed by atoms with Gasteiger partial charge in [0.2, 0.25) is 5.91 Å². The van der Waals surface area contributed by atoms with Crippen LogP contribution in [0.3, 0.4) is 0 Å². The van der Waals surface area contributed by atoms with Crippen molar-refractivity contribution in [2.75, 3.05) is 12.0 Å². The summed E-state index contributed by atoms with van der Waals surface area (Å²) < 4.78 is 11.2. The Morgan fingerprint density at radius 1 is 1.44 bits per heavy atom. The zero-order valence-electron chi connectivity index (χ0n) is 13.8. The predicted octanol–water partition coefficient (Wildman–Crippen LogP) is 2.01. The molecule has 0 saturated carbocycles. The van der Waals surface area contributed by atoms with Gasteiger partial charge in [-0.25, -0.2) is 0 Å². The fraction of sp³-hybridized carbons (Fsp3) is 0.368. The molecule has 4 rings (SSSR count). The van der Waals surface area contributed by atoms with Gasteiger partial charge in [-0.15, -0.1) is 6.58 Å². The number of anilines is 1. The molecule has 1 spiro atoms. The average molecular weight is 341 g/mol. The lowest BCUT2D eigenvalue weighted by Gasteiger charge is -2.32. The third kappa shape index (κ3) is 2.00. The van der Waals surface area contributed by atoms with Crippen LogP contribution in [0.25, 0.3) is 0 Å². The summed E-state index contributed by atoms with van der Waals surface area (Å²) in [4.78, 5) is 26.6. The van der Waals surface area contributed by atoms with E-state index in [1.807, 2.05) is 6.08 Å². The van der Waals surface area contributed by atoms with Crippen LogP contribution in [0.1, 0.15) is 6.42 Å². The highest BCUT2D eigenvalue weighted by atomic mass is 16.5. The SMILES string of the molecule is C=CCC1N(c2ccc(OC)cc2)C(=O)C2C(C(=O)O)C3C=CC21O3. The minimum Gasteiger partial charge on any atom is -0.497 e. The molecular weight excluding hydrogens is 322 g/mol. The van der Waals surface area contributed by atoms with Gasteiger partial charge >= 0.3 is 5.97 Å². The van der Waals surface area contributed by atoms with Crippen molar-refractivity contribution in [1.29, 1.82) is 0 Å². The quantitative estimate of drug-likeness (QED) is 0.829. The molecule has 5 unspecified atom stereocenters. The number of ether oxygens (including phenoxy) is 2. The Kier molecular flexibility index (Phi) is 3.47. The highest BCUT2D eigenvalue weighted by molar-refractivity contribution is 6.03. The fourth-order valence-corrected chi connectivity index (χ4v) is 4.43. The Balaban J connectivity index is 1.80. The number of aliphatic carboxylic acids is 1. The van der Waals surface area contributed by atoms with Gasteiger partial charge in [-0.3, -0.25) is 9.59 Å². The van der Waals surface area contributed by atoms with Gasteiger partial charge in [-0.1, -0.05) is 18.2 Å². The Hall–Kier alpha value is -2.60. The molecule has 2 saturated heterocycles. The van der Waals surface area contributed by atoms with E-state index in [0.29, 0.717) is 17.9 Å². The molecule has 0 radical (unpaired) electrons. The molecule has 0 aliphatic carbocycles. The van der Waals surface area contributed by atoms with Gasteiger partial charge in [0.05, 0.1) is 25.2 Å². The second-order valence-electron chi connectivity index (χ2n) is 6.58. The maximum atomic E-state index is 13.2. The van der Waals surface area contributed by atoms with Crippen LogP contribution in [-0.2, 0) is 14.3 Å². The number of rotatable bonds is 5. The molecule has 130 valence electrons. The highest BCUT2D eigenvalue weighted by Gasteiger charge is 2.71. The van der Waals surface area contributed by atoms with Gasteiger partial charge in [0.1, 0.15) is 17.3 Å². The molecule has 5 atom stereocenters. The number of methoxy groups -OCH3 is 1. The Morgan fingerprint density at radius 3 is 2.76 bits per heavy atom. The molecule has 1 aromatic rings. The lowest BCUT2D eigenvalue weighted by Crippen LogP contribution is -2.45. The summed E-state index contributed by atoms with van der Waals surface area (Å²) in [6.07, 6.45) is 5.35. The van der Waals surface area contributed by atoms with Crippen LogP contribution in [0.5, 0.6) is 5.75 Å². The largest absolute Gasteiger partial charge is 0.497 e. The number of fused-ring (bicyclic) bond motifs is 1. The molecule has 0 aromatic heterocycles. The van der Waals surface area contributed by atoms with E-state index in [-0.39, 0.29) is 11.9 Å². The lowest BCUT2D eigenvalue weighted by molar-refractivity contribution is -0.146. The van der Waals surface area contributed by atoms with Crippen LogP contribution in [0.4, 0.5) is 5.69 Å². The molecule has 3 heterocycles. The molecule has 25 heavy (non-hydrogen) atoms. The normalized spacial score (nSPS) is 35.1. The predicted molar refractivity (Wildman–Crippen MR) is 90.4 cm³/mol. The van der Waals surface area contributed by atoms with Crippen LogP contribution in [0.2, 0.25) is 0 Å². The molecule has 2 bridgehead atoms. The van der Waals surface area contributed by atoms with E-state index in [1.165, 1.54) is 0 Å². The topological polar surface area (TPSA) is 76.1 Å². The van der Waals surface area contributed by atoms with E-state index >= 15 is 0 Å². The van der Waals surface area contributed by atoms with Gasteiger partial charge < -0.3 is 19.5 Å². The van der Waals surface area contributed by atoms with Gasteiger partial charge in [-0.2, -0.15) is 0 Å². The molecule has 2 fully saturated rings. The molecule has 6 nitrogen and oxygen atoms in total. The van der Waals surface area contributed by atoms with E-state index in [9.17, 15) is 14.7 Å². The number of carboxylic acids is 1. The Morgan fingerprint density at radius 2 is 2.16 bits per heavy atom. The molecule has 6 heteroatoms. The van der Waals surface area contributed by atoms with E-state index in [1.54, 1.807) is 48.4 Å². The van der Waals surface area contributed by atoms with Crippen molar-refractivity contribution in [2.24, 2.45) is 11.8 Å². The summed E-state index contributed by atoms with van der Waals surface area (Å²) in [7, 11) is 1.58. The van der Waals surface area contributed by atoms with Crippen molar-refractivity contribution < 1.29 is 24.2 Å². The number of carbonyl (C=O) groups excluding carboxylic acids is 1. The third-order valence-corrected chi connectivity index (χ3v) is 5.45. The molecule has 3 aliphatic heterocycles. The van der Waals surface area contributed by atoms with Gasteiger partial charge in [0.15, 0.2) is 0 Å². The second kappa shape index (κ2) is 5.46.